The molecular formula is C13H18O3. The van der Waals surface area contributed by atoms with Crippen LogP contribution < -0.4 is 4.74 Å². The molecule has 0 unspecified atom stereocenters. The van der Waals surface area contributed by atoms with Crippen LogP contribution in [0.4, 0.5) is 0 Å². The van der Waals surface area contributed by atoms with Gasteiger partial charge in [0.25, 0.3) is 0 Å². The van der Waals surface area contributed by atoms with E-state index in [0.717, 1.165) is 6.42 Å². The number of carbonyl (C=O) groups is 1. The van der Waals surface area contributed by atoms with E-state index in [4.69, 9.17) is 9.47 Å². The van der Waals surface area contributed by atoms with E-state index in [1.54, 1.807) is 0 Å². The molecule has 0 atom stereocenters. The summed E-state index contributed by atoms with van der Waals surface area (Å²) >= 11 is 0. The Balaban J connectivity index is 2.34. The molecule has 1 aromatic carbocycles. The molecule has 0 saturated heterocycles. The summed E-state index contributed by atoms with van der Waals surface area (Å²) < 4.78 is 10.3. The van der Waals surface area contributed by atoms with Gasteiger partial charge in [-0.05, 0) is 32.4 Å². The first-order chi connectivity index (χ1) is 7.56. The van der Waals surface area contributed by atoms with Gasteiger partial charge < -0.3 is 9.47 Å². The molecule has 0 aromatic heterocycles. The highest BCUT2D eigenvalue weighted by Crippen LogP contribution is 2.21. The lowest BCUT2D eigenvalue weighted by Gasteiger charge is -2.20. The number of rotatable bonds is 5. The van der Waals surface area contributed by atoms with Gasteiger partial charge in [0.1, 0.15) is 5.75 Å². The molecule has 0 heterocycles. The lowest BCUT2D eigenvalue weighted by Crippen LogP contribution is -2.27. The Morgan fingerprint density at radius 3 is 2.44 bits per heavy atom. The van der Waals surface area contributed by atoms with Crippen molar-refractivity contribution in [1.29, 1.82) is 0 Å². The molecule has 0 aliphatic rings. The molecule has 0 aliphatic carbocycles. The zero-order valence-corrected chi connectivity index (χ0v) is 10.0. The van der Waals surface area contributed by atoms with Crippen LogP contribution in [0.5, 0.6) is 5.75 Å². The third-order valence-electron chi connectivity index (χ3n) is 2.60. The summed E-state index contributed by atoms with van der Waals surface area (Å²) in [7, 11) is 0. The van der Waals surface area contributed by atoms with E-state index in [2.05, 4.69) is 0 Å². The predicted molar refractivity (Wildman–Crippen MR) is 62.1 cm³/mol. The number of esters is 1. The second-order valence-electron chi connectivity index (χ2n) is 4.24. The van der Waals surface area contributed by atoms with Crippen molar-refractivity contribution in [3.8, 4) is 5.75 Å². The number of ether oxygens (including phenoxy) is 2. The van der Waals surface area contributed by atoms with Gasteiger partial charge in [-0.3, -0.25) is 4.79 Å². The van der Waals surface area contributed by atoms with Crippen molar-refractivity contribution in [2.24, 2.45) is 5.41 Å². The lowest BCUT2D eigenvalue weighted by atomic mass is 9.91. The summed E-state index contributed by atoms with van der Waals surface area (Å²) in [5.74, 6) is 0.468. The quantitative estimate of drug-likeness (QED) is 0.567. The predicted octanol–water partition coefficient (Wildman–Crippen LogP) is 3.00. The highest BCUT2D eigenvalue weighted by atomic mass is 16.7. The van der Waals surface area contributed by atoms with Crippen LogP contribution in [-0.4, -0.2) is 12.8 Å². The third kappa shape index (κ3) is 3.57. The van der Waals surface area contributed by atoms with Gasteiger partial charge in [0, 0.05) is 0 Å². The Morgan fingerprint density at radius 1 is 1.25 bits per heavy atom. The largest absolute Gasteiger partial charge is 0.457 e. The number of para-hydroxylation sites is 1. The molecule has 1 rings (SSSR count). The first-order valence-electron chi connectivity index (χ1n) is 5.41. The van der Waals surface area contributed by atoms with E-state index in [9.17, 15) is 4.79 Å². The first kappa shape index (κ1) is 12.6. The minimum atomic E-state index is -0.444. The maximum Gasteiger partial charge on any atom is 0.314 e. The van der Waals surface area contributed by atoms with Gasteiger partial charge in [0.15, 0.2) is 0 Å². The number of hydrogen-bond donors (Lipinski definition) is 0. The number of hydrogen-bond acceptors (Lipinski definition) is 3. The summed E-state index contributed by atoms with van der Waals surface area (Å²) in [6.07, 6.45) is 0.747. The highest BCUT2D eigenvalue weighted by molar-refractivity contribution is 5.75. The summed E-state index contributed by atoms with van der Waals surface area (Å²) in [6.45, 7) is 5.64. The zero-order valence-electron chi connectivity index (χ0n) is 10.0. The average molecular weight is 222 g/mol. The van der Waals surface area contributed by atoms with E-state index in [0.29, 0.717) is 5.75 Å². The lowest BCUT2D eigenvalue weighted by molar-refractivity contribution is -0.160. The molecule has 0 radical (unpaired) electrons. The molecule has 3 heteroatoms. The summed E-state index contributed by atoms with van der Waals surface area (Å²) in [6, 6.07) is 9.27. The molecule has 0 bridgehead atoms. The van der Waals surface area contributed by atoms with Crippen molar-refractivity contribution in [1.82, 2.24) is 0 Å². The van der Waals surface area contributed by atoms with Gasteiger partial charge in [-0.25, -0.2) is 0 Å². The van der Waals surface area contributed by atoms with Crippen LogP contribution in [0.1, 0.15) is 27.2 Å². The second-order valence-corrected chi connectivity index (χ2v) is 4.24. The van der Waals surface area contributed by atoms with E-state index in [-0.39, 0.29) is 12.8 Å². The van der Waals surface area contributed by atoms with Gasteiger partial charge in [-0.15, -0.1) is 0 Å². The van der Waals surface area contributed by atoms with Crippen LogP contribution in [0, 0.1) is 5.41 Å². The first-order valence-corrected chi connectivity index (χ1v) is 5.41. The van der Waals surface area contributed by atoms with Crippen molar-refractivity contribution >= 4 is 5.97 Å². The molecule has 0 saturated carbocycles. The Morgan fingerprint density at radius 2 is 1.88 bits per heavy atom. The van der Waals surface area contributed by atoms with Gasteiger partial charge >= 0.3 is 5.97 Å². The van der Waals surface area contributed by atoms with Crippen LogP contribution >= 0.6 is 0 Å². The fourth-order valence-electron chi connectivity index (χ4n) is 1.01. The fraction of sp³-hybridized carbons (Fsp3) is 0.462. The van der Waals surface area contributed by atoms with Crippen molar-refractivity contribution in [3.63, 3.8) is 0 Å². The molecular weight excluding hydrogens is 204 g/mol. The average Bonchev–Trinajstić information content (AvgIpc) is 2.30. The molecule has 0 spiro atoms. The van der Waals surface area contributed by atoms with E-state index >= 15 is 0 Å². The maximum absolute atomic E-state index is 11.6. The highest BCUT2D eigenvalue weighted by Gasteiger charge is 2.26. The summed E-state index contributed by atoms with van der Waals surface area (Å²) in [5.41, 5.74) is -0.444. The molecule has 0 N–H and O–H groups in total. The smallest absolute Gasteiger partial charge is 0.314 e. The van der Waals surface area contributed by atoms with Crippen molar-refractivity contribution in [2.75, 3.05) is 6.79 Å². The molecule has 0 aliphatic heterocycles. The van der Waals surface area contributed by atoms with Crippen LogP contribution in [0.2, 0.25) is 0 Å². The molecule has 16 heavy (non-hydrogen) atoms. The Hall–Kier alpha value is -1.51. The molecule has 1 aromatic rings. The van der Waals surface area contributed by atoms with Gasteiger partial charge in [0.2, 0.25) is 6.79 Å². The SMILES string of the molecule is CCC(C)(C)C(=O)OCOc1ccccc1. The van der Waals surface area contributed by atoms with Crippen LogP contribution in [0.3, 0.4) is 0 Å². The monoisotopic (exact) mass is 222 g/mol. The van der Waals surface area contributed by atoms with Crippen LogP contribution in [0.25, 0.3) is 0 Å². The maximum atomic E-state index is 11.6. The summed E-state index contributed by atoms with van der Waals surface area (Å²) in [4.78, 5) is 11.6. The van der Waals surface area contributed by atoms with Gasteiger partial charge in [-0.2, -0.15) is 0 Å². The molecule has 3 nitrogen and oxygen atoms in total. The Kier molecular flexibility index (Phi) is 4.35. The summed E-state index contributed by atoms with van der Waals surface area (Å²) in [5, 5.41) is 0. The minimum absolute atomic E-state index is 0.0354. The molecule has 0 amide bonds. The van der Waals surface area contributed by atoms with Gasteiger partial charge in [0.05, 0.1) is 5.41 Å². The van der Waals surface area contributed by atoms with E-state index in [1.807, 2.05) is 51.1 Å². The van der Waals surface area contributed by atoms with E-state index in [1.165, 1.54) is 0 Å². The van der Waals surface area contributed by atoms with Crippen LogP contribution in [-0.2, 0) is 9.53 Å². The van der Waals surface area contributed by atoms with E-state index < -0.39 is 5.41 Å². The standard InChI is InChI=1S/C13H18O3/c1-4-13(2,3)12(14)16-10-15-11-8-6-5-7-9-11/h5-9H,4,10H2,1-3H3. The molecule has 88 valence electrons. The van der Waals surface area contributed by atoms with Crippen molar-refractivity contribution < 1.29 is 14.3 Å². The zero-order chi connectivity index (χ0) is 12.0. The molecule has 0 fully saturated rings. The van der Waals surface area contributed by atoms with Crippen LogP contribution in [0.15, 0.2) is 30.3 Å². The Bertz CT molecular complexity index is 330. The third-order valence-corrected chi connectivity index (χ3v) is 2.60. The Labute approximate surface area is 96.4 Å². The number of carbonyl (C=O) groups excluding carboxylic acids is 1. The van der Waals surface area contributed by atoms with Crippen molar-refractivity contribution in [3.05, 3.63) is 30.3 Å². The van der Waals surface area contributed by atoms with Gasteiger partial charge in [-0.1, -0.05) is 25.1 Å². The minimum Gasteiger partial charge on any atom is -0.457 e. The van der Waals surface area contributed by atoms with Crippen molar-refractivity contribution in [2.45, 2.75) is 27.2 Å². The topological polar surface area (TPSA) is 35.5 Å². The second kappa shape index (κ2) is 5.54. The fourth-order valence-corrected chi connectivity index (χ4v) is 1.01. The number of benzene rings is 1. The normalized spacial score (nSPS) is 10.9.